The molecule has 0 aliphatic carbocycles. The summed E-state index contributed by atoms with van der Waals surface area (Å²) in [6.45, 7) is 7.09. The first-order chi connectivity index (χ1) is 8.19. The zero-order chi connectivity index (χ0) is 12.7. The smallest absolute Gasteiger partial charge is 0.161 e. The molecule has 1 unspecified atom stereocenters. The molecule has 1 rings (SSSR count). The Labute approximate surface area is 103 Å². The van der Waals surface area contributed by atoms with Crippen molar-refractivity contribution in [1.29, 1.82) is 0 Å². The average Bonchev–Trinajstić information content (AvgIpc) is 2.31. The van der Waals surface area contributed by atoms with Crippen molar-refractivity contribution in [2.75, 3.05) is 13.2 Å². The zero-order valence-corrected chi connectivity index (χ0v) is 10.9. The predicted octanol–water partition coefficient (Wildman–Crippen LogP) is 3.32. The molecule has 1 atom stereocenters. The summed E-state index contributed by atoms with van der Waals surface area (Å²) in [5, 5.41) is 9.53. The van der Waals surface area contributed by atoms with E-state index in [9.17, 15) is 5.11 Å². The first-order valence-electron chi connectivity index (χ1n) is 6.26. The maximum absolute atomic E-state index is 9.53. The monoisotopic (exact) mass is 238 g/mol. The Kier molecular flexibility index (Phi) is 5.84. The van der Waals surface area contributed by atoms with Crippen LogP contribution < -0.4 is 9.47 Å². The molecule has 0 amide bonds. The molecule has 0 saturated heterocycles. The molecule has 0 aromatic heterocycles. The van der Waals surface area contributed by atoms with Crippen LogP contribution in [-0.2, 0) is 0 Å². The number of rotatable bonds is 7. The van der Waals surface area contributed by atoms with Gasteiger partial charge in [-0.15, -0.1) is 0 Å². The fraction of sp³-hybridized carbons (Fsp3) is 0.571. The van der Waals surface area contributed by atoms with Crippen molar-refractivity contribution < 1.29 is 14.6 Å². The summed E-state index contributed by atoms with van der Waals surface area (Å²) < 4.78 is 11.2. The van der Waals surface area contributed by atoms with E-state index >= 15 is 0 Å². The number of hydrogen-bond donors (Lipinski definition) is 1. The number of aliphatic hydroxyl groups is 1. The lowest BCUT2D eigenvalue weighted by Gasteiger charge is -2.14. The third-order valence-electron chi connectivity index (χ3n) is 2.51. The van der Waals surface area contributed by atoms with Gasteiger partial charge in [0, 0.05) is 0 Å². The molecule has 0 aliphatic rings. The van der Waals surface area contributed by atoms with Crippen LogP contribution in [0.2, 0.25) is 0 Å². The van der Waals surface area contributed by atoms with Gasteiger partial charge in [0.2, 0.25) is 0 Å². The summed E-state index contributed by atoms with van der Waals surface area (Å²) >= 11 is 0. The van der Waals surface area contributed by atoms with Crippen molar-refractivity contribution in [2.24, 2.45) is 0 Å². The van der Waals surface area contributed by atoms with E-state index in [-0.39, 0.29) is 0 Å². The van der Waals surface area contributed by atoms with Gasteiger partial charge in [0.15, 0.2) is 11.5 Å². The summed E-state index contributed by atoms with van der Waals surface area (Å²) in [6.07, 6.45) is 1.65. The number of unbranched alkanes of at least 4 members (excludes halogenated alkanes) is 1. The van der Waals surface area contributed by atoms with Crippen LogP contribution in [0.25, 0.3) is 0 Å². The summed E-state index contributed by atoms with van der Waals surface area (Å²) in [5.41, 5.74) is 0.844. The molecule has 1 aromatic rings. The lowest BCUT2D eigenvalue weighted by Crippen LogP contribution is -2.02. The topological polar surface area (TPSA) is 38.7 Å². The fourth-order valence-electron chi connectivity index (χ4n) is 1.50. The second-order valence-electron chi connectivity index (χ2n) is 4.02. The molecule has 3 heteroatoms. The van der Waals surface area contributed by atoms with Crippen molar-refractivity contribution in [3.8, 4) is 11.5 Å². The van der Waals surface area contributed by atoms with E-state index in [1.54, 1.807) is 6.92 Å². The van der Waals surface area contributed by atoms with Gasteiger partial charge in [-0.2, -0.15) is 0 Å². The molecule has 0 heterocycles. The lowest BCUT2D eigenvalue weighted by atomic mass is 10.1. The van der Waals surface area contributed by atoms with E-state index in [4.69, 9.17) is 9.47 Å². The third-order valence-corrected chi connectivity index (χ3v) is 2.51. The van der Waals surface area contributed by atoms with Crippen molar-refractivity contribution in [1.82, 2.24) is 0 Å². The van der Waals surface area contributed by atoms with Crippen LogP contribution in [0.15, 0.2) is 18.2 Å². The highest BCUT2D eigenvalue weighted by Gasteiger charge is 2.09. The molecule has 0 aliphatic heterocycles. The Hall–Kier alpha value is -1.22. The summed E-state index contributed by atoms with van der Waals surface area (Å²) in [4.78, 5) is 0. The summed E-state index contributed by atoms with van der Waals surface area (Å²) in [5.74, 6) is 1.46. The second-order valence-corrected chi connectivity index (χ2v) is 4.02. The van der Waals surface area contributed by atoms with Gasteiger partial charge in [-0.05, 0) is 38.0 Å². The van der Waals surface area contributed by atoms with Gasteiger partial charge in [0.25, 0.3) is 0 Å². The van der Waals surface area contributed by atoms with Gasteiger partial charge >= 0.3 is 0 Å². The molecule has 0 saturated carbocycles. The largest absolute Gasteiger partial charge is 0.490 e. The Balaban J connectivity index is 2.80. The Morgan fingerprint density at radius 3 is 2.53 bits per heavy atom. The molecule has 17 heavy (non-hydrogen) atoms. The van der Waals surface area contributed by atoms with Crippen LogP contribution >= 0.6 is 0 Å². The molecular formula is C14H22O3. The van der Waals surface area contributed by atoms with Crippen molar-refractivity contribution >= 4 is 0 Å². The molecule has 1 aromatic carbocycles. The van der Waals surface area contributed by atoms with Crippen LogP contribution in [0.4, 0.5) is 0 Å². The summed E-state index contributed by atoms with van der Waals surface area (Å²) in [6, 6.07) is 5.58. The van der Waals surface area contributed by atoms with Gasteiger partial charge in [0.05, 0.1) is 19.3 Å². The van der Waals surface area contributed by atoms with Crippen LogP contribution in [0.5, 0.6) is 11.5 Å². The van der Waals surface area contributed by atoms with Gasteiger partial charge in [-0.1, -0.05) is 19.4 Å². The number of ether oxygens (including phenoxy) is 2. The van der Waals surface area contributed by atoms with Crippen LogP contribution in [0, 0.1) is 0 Å². The fourth-order valence-corrected chi connectivity index (χ4v) is 1.50. The third kappa shape index (κ3) is 4.27. The maximum Gasteiger partial charge on any atom is 0.161 e. The Morgan fingerprint density at radius 2 is 1.94 bits per heavy atom. The standard InChI is InChI=1S/C14H22O3/c1-4-6-9-17-13-8-7-12(11(3)15)10-14(13)16-5-2/h7-8,10-11,15H,4-6,9H2,1-3H3. The highest BCUT2D eigenvalue weighted by molar-refractivity contribution is 5.43. The predicted molar refractivity (Wildman–Crippen MR) is 68.6 cm³/mol. The first-order valence-corrected chi connectivity index (χ1v) is 6.26. The normalized spacial score (nSPS) is 12.2. The van der Waals surface area contributed by atoms with Crippen molar-refractivity contribution in [2.45, 2.75) is 39.7 Å². The quantitative estimate of drug-likeness (QED) is 0.741. The van der Waals surface area contributed by atoms with E-state index in [1.165, 1.54) is 0 Å². The number of benzene rings is 1. The van der Waals surface area contributed by atoms with Crippen LogP contribution in [0.1, 0.15) is 45.3 Å². The number of hydrogen-bond acceptors (Lipinski definition) is 3. The SMILES string of the molecule is CCCCOc1ccc(C(C)O)cc1OCC. The molecule has 3 nitrogen and oxygen atoms in total. The average molecular weight is 238 g/mol. The van der Waals surface area contributed by atoms with Gasteiger partial charge in [-0.3, -0.25) is 0 Å². The molecule has 96 valence electrons. The minimum atomic E-state index is -0.487. The van der Waals surface area contributed by atoms with E-state index in [0.29, 0.717) is 19.0 Å². The zero-order valence-electron chi connectivity index (χ0n) is 10.9. The highest BCUT2D eigenvalue weighted by Crippen LogP contribution is 2.30. The second kappa shape index (κ2) is 7.17. The molecule has 0 spiro atoms. The number of aliphatic hydroxyl groups excluding tert-OH is 1. The Morgan fingerprint density at radius 1 is 1.18 bits per heavy atom. The molecule has 0 radical (unpaired) electrons. The Bertz CT molecular complexity index is 334. The molecule has 0 fully saturated rings. The maximum atomic E-state index is 9.53. The molecule has 0 bridgehead atoms. The minimum absolute atomic E-state index is 0.487. The van der Waals surface area contributed by atoms with Gasteiger partial charge in [-0.25, -0.2) is 0 Å². The summed E-state index contributed by atoms with van der Waals surface area (Å²) in [7, 11) is 0. The van der Waals surface area contributed by atoms with Gasteiger partial charge < -0.3 is 14.6 Å². The van der Waals surface area contributed by atoms with Gasteiger partial charge in [0.1, 0.15) is 0 Å². The lowest BCUT2D eigenvalue weighted by molar-refractivity contribution is 0.198. The highest BCUT2D eigenvalue weighted by atomic mass is 16.5. The minimum Gasteiger partial charge on any atom is -0.490 e. The van der Waals surface area contributed by atoms with Crippen molar-refractivity contribution in [3.63, 3.8) is 0 Å². The van der Waals surface area contributed by atoms with E-state index in [2.05, 4.69) is 6.92 Å². The first kappa shape index (κ1) is 13.8. The molecule has 1 N–H and O–H groups in total. The van der Waals surface area contributed by atoms with E-state index in [1.807, 2.05) is 25.1 Å². The van der Waals surface area contributed by atoms with Crippen molar-refractivity contribution in [3.05, 3.63) is 23.8 Å². The van der Waals surface area contributed by atoms with E-state index in [0.717, 1.165) is 24.2 Å². The van der Waals surface area contributed by atoms with Crippen LogP contribution in [0.3, 0.4) is 0 Å². The molecular weight excluding hydrogens is 216 g/mol. The van der Waals surface area contributed by atoms with E-state index < -0.39 is 6.10 Å². The van der Waals surface area contributed by atoms with Crippen LogP contribution in [-0.4, -0.2) is 18.3 Å².